The van der Waals surface area contributed by atoms with E-state index in [0.29, 0.717) is 0 Å². The standard InChI is InChI=1S/C6H11NO2.Na.H/c8-6(9)5-1-3-7-4-2-5;;/h5,7H,1-4H2,(H,8,9);;. The fraction of sp³-hybridized carbons (Fsp3) is 0.833. The van der Waals surface area contributed by atoms with Crippen LogP contribution in [0.2, 0.25) is 0 Å². The van der Waals surface area contributed by atoms with Gasteiger partial charge in [0.25, 0.3) is 0 Å². The van der Waals surface area contributed by atoms with Crippen LogP contribution in [-0.4, -0.2) is 53.7 Å². The van der Waals surface area contributed by atoms with Gasteiger partial charge in [-0.2, -0.15) is 0 Å². The van der Waals surface area contributed by atoms with E-state index in [9.17, 15) is 4.79 Å². The van der Waals surface area contributed by atoms with Crippen molar-refractivity contribution in [3.8, 4) is 0 Å². The van der Waals surface area contributed by atoms with E-state index in [1.54, 1.807) is 0 Å². The molecular weight excluding hydrogens is 141 g/mol. The number of carboxylic acids is 1. The summed E-state index contributed by atoms with van der Waals surface area (Å²) in [6, 6.07) is 0. The normalized spacial score (nSPS) is 19.6. The third-order valence-electron chi connectivity index (χ3n) is 1.69. The van der Waals surface area contributed by atoms with Gasteiger partial charge in [-0.3, -0.25) is 4.79 Å². The van der Waals surface area contributed by atoms with Gasteiger partial charge in [0.05, 0.1) is 5.92 Å². The number of aliphatic carboxylic acids is 1. The van der Waals surface area contributed by atoms with Gasteiger partial charge in [-0.25, -0.2) is 0 Å². The Morgan fingerprint density at radius 1 is 1.40 bits per heavy atom. The number of hydrogen-bond donors (Lipinski definition) is 2. The van der Waals surface area contributed by atoms with Crippen molar-refractivity contribution in [1.82, 2.24) is 5.32 Å². The summed E-state index contributed by atoms with van der Waals surface area (Å²) in [4.78, 5) is 10.3. The molecule has 1 aliphatic rings. The zero-order chi connectivity index (χ0) is 6.69. The molecule has 10 heavy (non-hydrogen) atoms. The second-order valence-electron chi connectivity index (χ2n) is 2.36. The number of hydrogen-bond acceptors (Lipinski definition) is 2. The van der Waals surface area contributed by atoms with Gasteiger partial charge in [0.15, 0.2) is 0 Å². The van der Waals surface area contributed by atoms with Crippen molar-refractivity contribution < 1.29 is 9.90 Å². The Morgan fingerprint density at radius 3 is 2.20 bits per heavy atom. The van der Waals surface area contributed by atoms with E-state index in [-0.39, 0.29) is 35.5 Å². The molecule has 1 heterocycles. The molecule has 0 atom stereocenters. The van der Waals surface area contributed by atoms with Crippen LogP contribution in [0.5, 0.6) is 0 Å². The first-order valence-corrected chi connectivity index (χ1v) is 3.24. The predicted molar refractivity (Wildman–Crippen MR) is 40.4 cm³/mol. The molecule has 2 N–H and O–H groups in total. The summed E-state index contributed by atoms with van der Waals surface area (Å²) >= 11 is 0. The molecule has 0 amide bonds. The van der Waals surface area contributed by atoms with E-state index < -0.39 is 5.97 Å². The molecule has 0 saturated carbocycles. The van der Waals surface area contributed by atoms with Crippen LogP contribution in [0.3, 0.4) is 0 Å². The molecule has 1 aliphatic heterocycles. The summed E-state index contributed by atoms with van der Waals surface area (Å²) in [5.74, 6) is -0.734. The molecule has 1 saturated heterocycles. The van der Waals surface area contributed by atoms with Crippen LogP contribution >= 0.6 is 0 Å². The SMILES string of the molecule is O=C(O)C1CCNCC1.[NaH]. The van der Waals surface area contributed by atoms with Crippen molar-refractivity contribution >= 4 is 35.5 Å². The first-order valence-electron chi connectivity index (χ1n) is 3.24. The summed E-state index contributed by atoms with van der Waals surface area (Å²) < 4.78 is 0. The molecule has 1 rings (SSSR count). The van der Waals surface area contributed by atoms with Gasteiger partial charge in [0.2, 0.25) is 0 Å². The molecule has 0 unspecified atom stereocenters. The zero-order valence-electron chi connectivity index (χ0n) is 5.26. The van der Waals surface area contributed by atoms with Crippen LogP contribution in [0.25, 0.3) is 0 Å². The Hall–Kier alpha value is 0.430. The molecule has 0 radical (unpaired) electrons. The molecular formula is C6H12NNaO2. The topological polar surface area (TPSA) is 49.3 Å². The minimum atomic E-state index is -0.642. The molecule has 54 valence electrons. The Labute approximate surface area is 82.5 Å². The van der Waals surface area contributed by atoms with Gasteiger partial charge in [0.1, 0.15) is 0 Å². The molecule has 1 fully saturated rings. The van der Waals surface area contributed by atoms with Gasteiger partial charge in [0, 0.05) is 0 Å². The molecule has 0 spiro atoms. The van der Waals surface area contributed by atoms with Crippen LogP contribution in [0.4, 0.5) is 0 Å². The summed E-state index contributed by atoms with van der Waals surface area (Å²) in [6.45, 7) is 1.72. The number of rotatable bonds is 1. The van der Waals surface area contributed by atoms with E-state index in [4.69, 9.17) is 5.11 Å². The molecule has 3 nitrogen and oxygen atoms in total. The van der Waals surface area contributed by atoms with Gasteiger partial charge in [-0.05, 0) is 25.9 Å². The van der Waals surface area contributed by atoms with Crippen molar-refractivity contribution in [3.05, 3.63) is 0 Å². The summed E-state index contributed by atoms with van der Waals surface area (Å²) in [6.07, 6.45) is 1.57. The second kappa shape index (κ2) is 5.13. The third-order valence-corrected chi connectivity index (χ3v) is 1.69. The second-order valence-corrected chi connectivity index (χ2v) is 2.36. The van der Waals surface area contributed by atoms with Crippen molar-refractivity contribution in [2.75, 3.05) is 13.1 Å². The summed E-state index contributed by atoms with van der Waals surface area (Å²) in [7, 11) is 0. The molecule has 0 aromatic rings. The number of piperidine rings is 1. The van der Waals surface area contributed by atoms with Crippen LogP contribution in [0.1, 0.15) is 12.8 Å². The fourth-order valence-corrected chi connectivity index (χ4v) is 1.07. The van der Waals surface area contributed by atoms with E-state index in [1.807, 2.05) is 0 Å². The average Bonchev–Trinajstić information content (AvgIpc) is 1.90. The molecule has 4 heteroatoms. The van der Waals surface area contributed by atoms with Gasteiger partial charge >= 0.3 is 35.5 Å². The average molecular weight is 153 g/mol. The first kappa shape index (κ1) is 10.4. The van der Waals surface area contributed by atoms with E-state index in [1.165, 1.54) is 0 Å². The minimum absolute atomic E-state index is 0. The molecule has 0 bridgehead atoms. The Kier molecular flexibility index (Phi) is 5.35. The fourth-order valence-electron chi connectivity index (χ4n) is 1.07. The van der Waals surface area contributed by atoms with Crippen LogP contribution in [0.15, 0.2) is 0 Å². The number of carbonyl (C=O) groups is 1. The summed E-state index contributed by atoms with van der Waals surface area (Å²) in [5, 5.41) is 11.6. The van der Waals surface area contributed by atoms with Crippen molar-refractivity contribution in [2.45, 2.75) is 12.8 Å². The summed E-state index contributed by atoms with van der Waals surface area (Å²) in [5.41, 5.74) is 0. The molecule has 0 aromatic heterocycles. The van der Waals surface area contributed by atoms with E-state index in [2.05, 4.69) is 5.32 Å². The van der Waals surface area contributed by atoms with Gasteiger partial charge < -0.3 is 10.4 Å². The first-order chi connectivity index (χ1) is 4.30. The zero-order valence-corrected chi connectivity index (χ0v) is 5.26. The van der Waals surface area contributed by atoms with Crippen molar-refractivity contribution in [2.24, 2.45) is 5.92 Å². The quantitative estimate of drug-likeness (QED) is 0.495. The van der Waals surface area contributed by atoms with Gasteiger partial charge in [-0.1, -0.05) is 0 Å². The van der Waals surface area contributed by atoms with Crippen molar-refractivity contribution in [3.63, 3.8) is 0 Å². The Balaban J connectivity index is 0.000000810. The van der Waals surface area contributed by atoms with E-state index in [0.717, 1.165) is 25.9 Å². The van der Waals surface area contributed by atoms with Crippen LogP contribution in [0, 0.1) is 5.92 Å². The predicted octanol–water partition coefficient (Wildman–Crippen LogP) is -0.578. The number of nitrogens with one attached hydrogen (secondary N) is 1. The van der Waals surface area contributed by atoms with E-state index >= 15 is 0 Å². The van der Waals surface area contributed by atoms with Crippen LogP contribution < -0.4 is 5.32 Å². The Morgan fingerprint density at radius 2 is 1.90 bits per heavy atom. The monoisotopic (exact) mass is 153 g/mol. The van der Waals surface area contributed by atoms with Crippen LogP contribution in [-0.2, 0) is 4.79 Å². The third kappa shape index (κ3) is 3.01. The maximum atomic E-state index is 10.3. The van der Waals surface area contributed by atoms with Crippen molar-refractivity contribution in [1.29, 1.82) is 0 Å². The Bertz CT molecular complexity index is 112. The maximum absolute atomic E-state index is 10.3. The van der Waals surface area contributed by atoms with Gasteiger partial charge in [-0.15, -0.1) is 0 Å². The molecule has 0 aromatic carbocycles. The molecule has 0 aliphatic carbocycles. The number of carboxylic acid groups (broad SMARTS) is 1.